The van der Waals surface area contributed by atoms with E-state index < -0.39 is 25.8 Å². The number of halogens is 3. The van der Waals surface area contributed by atoms with Crippen molar-refractivity contribution in [3.8, 4) is 5.75 Å². The van der Waals surface area contributed by atoms with Crippen LogP contribution in [0.5, 0.6) is 5.75 Å². The summed E-state index contributed by atoms with van der Waals surface area (Å²) in [5.74, 6) is 1.50. The quantitative estimate of drug-likeness (QED) is 0.493. The van der Waals surface area contributed by atoms with Crippen molar-refractivity contribution in [2.24, 2.45) is 0 Å². The first kappa shape index (κ1) is 29.8. The molecule has 1 aliphatic carbocycles. The average molecular weight is 585 g/mol. The number of benzene rings is 1. The van der Waals surface area contributed by atoms with Crippen LogP contribution in [0.1, 0.15) is 46.5 Å². The van der Waals surface area contributed by atoms with Crippen LogP contribution in [0.4, 0.5) is 29.5 Å². The van der Waals surface area contributed by atoms with Gasteiger partial charge >= 0.3 is 11.6 Å². The largest absolute Gasteiger partial charge is 0.501 e. The van der Waals surface area contributed by atoms with Gasteiger partial charge in [-0.05, 0) is 76.8 Å². The van der Waals surface area contributed by atoms with Gasteiger partial charge in [-0.3, -0.25) is 0 Å². The van der Waals surface area contributed by atoms with E-state index in [-0.39, 0.29) is 18.2 Å². The Balaban J connectivity index is 1.24. The number of anilines is 2. The third-order valence-corrected chi connectivity index (χ3v) is 8.29. The molecule has 0 bridgehead atoms. The third-order valence-electron chi connectivity index (χ3n) is 6.79. The van der Waals surface area contributed by atoms with Crippen LogP contribution in [-0.4, -0.2) is 73.8 Å². The number of carbonyl (C=O) groups is 1. The summed E-state index contributed by atoms with van der Waals surface area (Å²) in [7, 11) is -5.36. The van der Waals surface area contributed by atoms with Crippen molar-refractivity contribution in [2.75, 3.05) is 36.4 Å². The summed E-state index contributed by atoms with van der Waals surface area (Å²) in [6.45, 7) is 7.89. The SMILES string of the molecule is CC(C)(C)OC(=O)N1CCN(c2cc(O[C@H]3CC[C@H](Nc4ccc(S(=O)(=O)C(F)(F)F)cc4)CC3)ccn2)CC1. The fraction of sp³-hybridized carbons (Fsp3) is 0.556. The standard InChI is InChI=1S/C27H35F3N4O5S/c1-26(2,3)39-25(35)34-16-14-33(15-17-34)24-18-22(12-13-31-24)38-21-8-4-19(5-9-21)32-20-6-10-23(11-7-20)40(36,37)27(28,29)30/h6-7,10-13,18-19,21,32H,4-5,8-9,14-17H2,1-3H3/t19-,21-. The van der Waals surface area contributed by atoms with E-state index in [0.29, 0.717) is 31.9 Å². The third kappa shape index (κ3) is 7.49. The second kappa shape index (κ2) is 11.7. The Morgan fingerprint density at radius 2 is 1.60 bits per heavy atom. The fourth-order valence-electron chi connectivity index (χ4n) is 4.71. The van der Waals surface area contributed by atoms with E-state index in [1.807, 2.05) is 32.9 Å². The maximum absolute atomic E-state index is 12.7. The predicted octanol–water partition coefficient (Wildman–Crippen LogP) is 5.23. The monoisotopic (exact) mass is 584 g/mol. The van der Waals surface area contributed by atoms with Crippen LogP contribution in [0.25, 0.3) is 0 Å². The Hall–Kier alpha value is -3.22. The lowest BCUT2D eigenvalue weighted by molar-refractivity contribution is -0.0436. The highest BCUT2D eigenvalue weighted by atomic mass is 32.2. The number of hydrogen-bond donors (Lipinski definition) is 1. The highest BCUT2D eigenvalue weighted by Crippen LogP contribution is 2.32. The minimum Gasteiger partial charge on any atom is -0.490 e. The normalized spacial score (nSPS) is 20.6. The Morgan fingerprint density at radius 3 is 2.17 bits per heavy atom. The first-order valence-electron chi connectivity index (χ1n) is 13.2. The molecule has 0 unspecified atom stereocenters. The van der Waals surface area contributed by atoms with E-state index in [4.69, 9.17) is 9.47 Å². The van der Waals surface area contributed by atoms with Gasteiger partial charge in [0.1, 0.15) is 17.2 Å². The van der Waals surface area contributed by atoms with Gasteiger partial charge in [0.15, 0.2) is 0 Å². The highest BCUT2D eigenvalue weighted by Gasteiger charge is 2.46. The van der Waals surface area contributed by atoms with Gasteiger partial charge in [-0.15, -0.1) is 0 Å². The molecule has 0 radical (unpaired) electrons. The zero-order valence-corrected chi connectivity index (χ0v) is 23.6. The molecule has 1 amide bonds. The molecular formula is C27H35F3N4O5S. The molecule has 1 N–H and O–H groups in total. The Bertz CT molecular complexity index is 1270. The molecule has 1 saturated heterocycles. The minimum atomic E-state index is -5.36. The molecule has 2 aromatic rings. The number of rotatable bonds is 6. The van der Waals surface area contributed by atoms with Crippen LogP contribution < -0.4 is 15.0 Å². The number of sulfone groups is 1. The van der Waals surface area contributed by atoms with E-state index in [1.54, 1.807) is 11.1 Å². The zero-order valence-electron chi connectivity index (χ0n) is 22.8. The second-order valence-corrected chi connectivity index (χ2v) is 13.0. The number of amides is 1. The number of piperazine rings is 1. The van der Waals surface area contributed by atoms with Crippen molar-refractivity contribution in [3.63, 3.8) is 0 Å². The molecule has 1 aromatic heterocycles. The smallest absolute Gasteiger partial charge is 0.490 e. The van der Waals surface area contributed by atoms with Gasteiger partial charge in [0, 0.05) is 50.2 Å². The summed E-state index contributed by atoms with van der Waals surface area (Å²) in [4.78, 5) is 19.8. The summed E-state index contributed by atoms with van der Waals surface area (Å²) >= 11 is 0. The number of ether oxygens (including phenoxy) is 2. The number of nitrogens with one attached hydrogen (secondary N) is 1. The summed E-state index contributed by atoms with van der Waals surface area (Å²) in [6, 6.07) is 8.47. The molecule has 40 heavy (non-hydrogen) atoms. The summed E-state index contributed by atoms with van der Waals surface area (Å²) in [6.07, 6.45) is 4.55. The van der Waals surface area contributed by atoms with Gasteiger partial charge in [0.05, 0.1) is 11.0 Å². The van der Waals surface area contributed by atoms with Crippen molar-refractivity contribution >= 4 is 27.4 Å². The number of nitrogens with zero attached hydrogens (tertiary/aromatic N) is 3. The van der Waals surface area contributed by atoms with Crippen LogP contribution in [-0.2, 0) is 14.6 Å². The topological polar surface area (TPSA) is 101 Å². The van der Waals surface area contributed by atoms with Crippen molar-refractivity contribution in [1.82, 2.24) is 9.88 Å². The van der Waals surface area contributed by atoms with E-state index in [1.165, 1.54) is 12.1 Å². The summed E-state index contributed by atoms with van der Waals surface area (Å²) < 4.78 is 73.0. The first-order valence-corrected chi connectivity index (χ1v) is 14.7. The number of alkyl halides is 3. The van der Waals surface area contributed by atoms with E-state index in [9.17, 15) is 26.4 Å². The second-order valence-electron chi connectivity index (χ2n) is 11.0. The lowest BCUT2D eigenvalue weighted by Gasteiger charge is -2.36. The average Bonchev–Trinajstić information content (AvgIpc) is 2.89. The zero-order chi connectivity index (χ0) is 29.1. The Morgan fingerprint density at radius 1 is 0.975 bits per heavy atom. The van der Waals surface area contributed by atoms with E-state index in [0.717, 1.165) is 49.4 Å². The molecule has 1 saturated carbocycles. The lowest BCUT2D eigenvalue weighted by atomic mass is 9.92. The molecule has 13 heteroatoms. The maximum Gasteiger partial charge on any atom is 0.501 e. The fourth-order valence-corrected chi connectivity index (χ4v) is 5.47. The maximum atomic E-state index is 12.7. The number of aromatic nitrogens is 1. The van der Waals surface area contributed by atoms with Gasteiger partial charge in [0.2, 0.25) is 0 Å². The van der Waals surface area contributed by atoms with Crippen LogP contribution in [0.15, 0.2) is 47.5 Å². The van der Waals surface area contributed by atoms with Gasteiger partial charge in [0.25, 0.3) is 9.84 Å². The molecule has 220 valence electrons. The van der Waals surface area contributed by atoms with E-state index >= 15 is 0 Å². The first-order chi connectivity index (χ1) is 18.7. The molecule has 0 atom stereocenters. The summed E-state index contributed by atoms with van der Waals surface area (Å²) in [5, 5.41) is 3.27. The molecule has 4 rings (SSSR count). The molecule has 9 nitrogen and oxygen atoms in total. The van der Waals surface area contributed by atoms with Crippen molar-refractivity contribution in [3.05, 3.63) is 42.6 Å². The number of carbonyl (C=O) groups excluding carboxylic acids is 1. The van der Waals surface area contributed by atoms with Crippen molar-refractivity contribution in [1.29, 1.82) is 0 Å². The number of pyridine rings is 1. The minimum absolute atomic E-state index is 0.0108. The molecule has 2 aliphatic rings. The molecule has 0 spiro atoms. The Labute approximate surface area is 232 Å². The number of hydrogen-bond acceptors (Lipinski definition) is 8. The molecule has 2 fully saturated rings. The highest BCUT2D eigenvalue weighted by molar-refractivity contribution is 7.92. The molecule has 1 aliphatic heterocycles. The lowest BCUT2D eigenvalue weighted by Crippen LogP contribution is -2.50. The van der Waals surface area contributed by atoms with Gasteiger partial charge in [-0.25, -0.2) is 18.2 Å². The predicted molar refractivity (Wildman–Crippen MR) is 144 cm³/mol. The van der Waals surface area contributed by atoms with Crippen LogP contribution >= 0.6 is 0 Å². The van der Waals surface area contributed by atoms with Gasteiger partial charge < -0.3 is 24.6 Å². The molecule has 1 aromatic carbocycles. The summed E-state index contributed by atoms with van der Waals surface area (Å²) in [5.41, 5.74) is -5.30. The molecule has 2 heterocycles. The van der Waals surface area contributed by atoms with Crippen LogP contribution in [0.3, 0.4) is 0 Å². The Kier molecular flexibility index (Phi) is 8.72. The van der Waals surface area contributed by atoms with Crippen molar-refractivity contribution in [2.45, 2.75) is 74.6 Å². The van der Waals surface area contributed by atoms with E-state index in [2.05, 4.69) is 15.2 Å². The van der Waals surface area contributed by atoms with Crippen LogP contribution in [0.2, 0.25) is 0 Å². The van der Waals surface area contributed by atoms with Crippen molar-refractivity contribution < 1.29 is 35.9 Å². The molecular weight excluding hydrogens is 549 g/mol. The van der Waals surface area contributed by atoms with Gasteiger partial charge in [-0.2, -0.15) is 13.2 Å². The van der Waals surface area contributed by atoms with Crippen LogP contribution in [0, 0.1) is 0 Å². The van der Waals surface area contributed by atoms with Gasteiger partial charge in [-0.1, -0.05) is 0 Å².